The molecule has 1 rings (SSSR count). The van der Waals surface area contributed by atoms with Gasteiger partial charge in [-0.3, -0.25) is 4.68 Å². The highest BCUT2D eigenvalue weighted by Gasteiger charge is 2.01. The summed E-state index contributed by atoms with van der Waals surface area (Å²) in [6.07, 6.45) is 2.03. The fourth-order valence-corrected chi connectivity index (χ4v) is 0.745. The van der Waals surface area contributed by atoms with E-state index in [9.17, 15) is 4.39 Å². The average molecular weight is 128 g/mol. The fraction of sp³-hybridized carbons (Fsp3) is 0.500. The minimum atomic E-state index is -0.208. The molecule has 1 heterocycles. The van der Waals surface area contributed by atoms with E-state index in [-0.39, 0.29) is 5.82 Å². The van der Waals surface area contributed by atoms with Crippen LogP contribution in [-0.2, 0) is 13.5 Å². The molecule has 0 aliphatic rings. The summed E-state index contributed by atoms with van der Waals surface area (Å²) in [7, 11) is 1.71. The van der Waals surface area contributed by atoms with E-state index in [1.165, 1.54) is 10.9 Å². The maximum atomic E-state index is 12.5. The van der Waals surface area contributed by atoms with Crippen LogP contribution in [0.4, 0.5) is 4.39 Å². The Hall–Kier alpha value is -0.860. The summed E-state index contributed by atoms with van der Waals surface area (Å²) in [5.74, 6) is -0.208. The van der Waals surface area contributed by atoms with E-state index < -0.39 is 0 Å². The first-order valence-corrected chi connectivity index (χ1v) is 2.92. The SMILES string of the molecule is CCc1nn(C)cc1F. The summed E-state index contributed by atoms with van der Waals surface area (Å²) in [6, 6.07) is 0. The Balaban J connectivity index is 3.01. The highest BCUT2D eigenvalue weighted by atomic mass is 19.1. The number of aromatic nitrogens is 2. The van der Waals surface area contributed by atoms with Gasteiger partial charge in [-0.15, -0.1) is 0 Å². The third-order valence-corrected chi connectivity index (χ3v) is 1.19. The van der Waals surface area contributed by atoms with Crippen LogP contribution in [0.5, 0.6) is 0 Å². The molecular formula is C6H9FN2. The van der Waals surface area contributed by atoms with Crippen LogP contribution < -0.4 is 0 Å². The van der Waals surface area contributed by atoms with Gasteiger partial charge < -0.3 is 0 Å². The summed E-state index contributed by atoms with van der Waals surface area (Å²) < 4.78 is 14.0. The molecule has 0 bridgehead atoms. The number of halogens is 1. The van der Waals surface area contributed by atoms with Crippen LogP contribution in [0, 0.1) is 5.82 Å². The van der Waals surface area contributed by atoms with E-state index in [1.807, 2.05) is 6.92 Å². The van der Waals surface area contributed by atoms with E-state index in [4.69, 9.17) is 0 Å². The maximum absolute atomic E-state index is 12.5. The van der Waals surface area contributed by atoms with Gasteiger partial charge in [0.25, 0.3) is 0 Å². The zero-order chi connectivity index (χ0) is 6.85. The van der Waals surface area contributed by atoms with E-state index in [1.54, 1.807) is 7.05 Å². The quantitative estimate of drug-likeness (QED) is 0.554. The van der Waals surface area contributed by atoms with Gasteiger partial charge in [0.1, 0.15) is 0 Å². The predicted molar refractivity (Wildman–Crippen MR) is 32.5 cm³/mol. The molecule has 2 nitrogen and oxygen atoms in total. The molecule has 0 atom stereocenters. The van der Waals surface area contributed by atoms with Crippen molar-refractivity contribution in [3.63, 3.8) is 0 Å². The van der Waals surface area contributed by atoms with Crippen LogP contribution in [0.3, 0.4) is 0 Å². The normalized spacial score (nSPS) is 10.1. The first kappa shape index (κ1) is 6.26. The van der Waals surface area contributed by atoms with E-state index in [0.717, 1.165) is 0 Å². The maximum Gasteiger partial charge on any atom is 0.164 e. The largest absolute Gasteiger partial charge is 0.272 e. The van der Waals surface area contributed by atoms with Crippen LogP contribution in [0.1, 0.15) is 12.6 Å². The van der Waals surface area contributed by atoms with Crippen LogP contribution in [0.15, 0.2) is 6.20 Å². The molecule has 3 heteroatoms. The van der Waals surface area contributed by atoms with Gasteiger partial charge in [-0.25, -0.2) is 4.39 Å². The summed E-state index contributed by atoms with van der Waals surface area (Å²) >= 11 is 0. The van der Waals surface area contributed by atoms with Crippen molar-refractivity contribution in [2.75, 3.05) is 0 Å². The highest BCUT2D eigenvalue weighted by molar-refractivity contribution is 5.01. The number of rotatable bonds is 1. The lowest BCUT2D eigenvalue weighted by atomic mass is 10.3. The van der Waals surface area contributed by atoms with Crippen LogP contribution in [-0.4, -0.2) is 9.78 Å². The molecule has 0 saturated heterocycles. The van der Waals surface area contributed by atoms with Crippen molar-refractivity contribution in [2.24, 2.45) is 7.05 Å². The van der Waals surface area contributed by atoms with Gasteiger partial charge >= 0.3 is 0 Å². The molecule has 0 N–H and O–H groups in total. The number of hydrogen-bond acceptors (Lipinski definition) is 1. The van der Waals surface area contributed by atoms with E-state index in [0.29, 0.717) is 12.1 Å². The molecule has 0 aliphatic carbocycles. The number of hydrogen-bond donors (Lipinski definition) is 0. The molecule has 0 aliphatic heterocycles. The molecule has 0 aromatic carbocycles. The summed E-state index contributed by atoms with van der Waals surface area (Å²) in [6.45, 7) is 1.88. The zero-order valence-electron chi connectivity index (χ0n) is 5.56. The fourth-order valence-electron chi connectivity index (χ4n) is 0.745. The second-order valence-electron chi connectivity index (χ2n) is 1.95. The van der Waals surface area contributed by atoms with Gasteiger partial charge in [0, 0.05) is 7.05 Å². The predicted octanol–water partition coefficient (Wildman–Crippen LogP) is 1.12. The van der Waals surface area contributed by atoms with Crippen molar-refractivity contribution in [2.45, 2.75) is 13.3 Å². The molecule has 0 fully saturated rings. The summed E-state index contributed by atoms with van der Waals surface area (Å²) in [4.78, 5) is 0. The molecule has 0 spiro atoms. The molecule has 1 aromatic rings. The zero-order valence-corrected chi connectivity index (χ0v) is 5.56. The third kappa shape index (κ3) is 1.09. The second-order valence-corrected chi connectivity index (χ2v) is 1.95. The average Bonchev–Trinajstić information content (AvgIpc) is 2.10. The van der Waals surface area contributed by atoms with Gasteiger partial charge in [0.15, 0.2) is 5.82 Å². The van der Waals surface area contributed by atoms with Gasteiger partial charge in [0.2, 0.25) is 0 Å². The monoisotopic (exact) mass is 128 g/mol. The minimum absolute atomic E-state index is 0.208. The molecule has 50 valence electrons. The van der Waals surface area contributed by atoms with Crippen LogP contribution >= 0.6 is 0 Å². The standard InChI is InChI=1S/C6H9FN2/c1-3-6-5(7)4-9(2)8-6/h4H,3H2,1-2H3. The lowest BCUT2D eigenvalue weighted by molar-refractivity contribution is 0.611. The van der Waals surface area contributed by atoms with Crippen LogP contribution in [0.2, 0.25) is 0 Å². The molecule has 9 heavy (non-hydrogen) atoms. The lowest BCUT2D eigenvalue weighted by Crippen LogP contribution is -1.88. The molecule has 0 saturated carbocycles. The summed E-state index contributed by atoms with van der Waals surface area (Å²) in [5, 5.41) is 3.87. The second kappa shape index (κ2) is 2.17. The Kier molecular flexibility index (Phi) is 1.51. The lowest BCUT2D eigenvalue weighted by Gasteiger charge is -1.84. The first-order chi connectivity index (χ1) is 4.24. The Morgan fingerprint density at radius 2 is 2.44 bits per heavy atom. The van der Waals surface area contributed by atoms with Crippen molar-refractivity contribution in [1.29, 1.82) is 0 Å². The molecular weight excluding hydrogens is 119 g/mol. The van der Waals surface area contributed by atoms with Crippen molar-refractivity contribution < 1.29 is 4.39 Å². The van der Waals surface area contributed by atoms with Crippen LogP contribution in [0.25, 0.3) is 0 Å². The summed E-state index contributed by atoms with van der Waals surface area (Å²) in [5.41, 5.74) is 0.539. The van der Waals surface area contributed by atoms with Gasteiger partial charge in [0.05, 0.1) is 11.9 Å². The van der Waals surface area contributed by atoms with E-state index >= 15 is 0 Å². The molecule has 0 amide bonds. The van der Waals surface area contributed by atoms with Gasteiger partial charge in [-0.1, -0.05) is 6.92 Å². The Morgan fingerprint density at radius 1 is 1.78 bits per heavy atom. The Morgan fingerprint density at radius 3 is 2.67 bits per heavy atom. The van der Waals surface area contributed by atoms with Gasteiger partial charge in [-0.05, 0) is 6.42 Å². The third-order valence-electron chi connectivity index (χ3n) is 1.19. The molecule has 0 unspecified atom stereocenters. The Bertz CT molecular complexity index is 205. The van der Waals surface area contributed by atoms with Crippen molar-refractivity contribution in [3.8, 4) is 0 Å². The van der Waals surface area contributed by atoms with Gasteiger partial charge in [-0.2, -0.15) is 5.10 Å². The molecule has 0 radical (unpaired) electrons. The minimum Gasteiger partial charge on any atom is -0.272 e. The van der Waals surface area contributed by atoms with Crippen molar-refractivity contribution in [1.82, 2.24) is 9.78 Å². The molecule has 1 aromatic heterocycles. The Labute approximate surface area is 53.3 Å². The number of aryl methyl sites for hydroxylation is 2. The number of nitrogens with zero attached hydrogens (tertiary/aromatic N) is 2. The van der Waals surface area contributed by atoms with Crippen molar-refractivity contribution in [3.05, 3.63) is 17.7 Å². The van der Waals surface area contributed by atoms with Crippen molar-refractivity contribution >= 4 is 0 Å². The topological polar surface area (TPSA) is 17.8 Å². The highest BCUT2D eigenvalue weighted by Crippen LogP contribution is 2.02. The first-order valence-electron chi connectivity index (χ1n) is 2.92. The smallest absolute Gasteiger partial charge is 0.164 e. The van der Waals surface area contributed by atoms with E-state index in [2.05, 4.69) is 5.10 Å².